The van der Waals surface area contributed by atoms with Crippen LogP contribution < -0.4 is 0 Å². The molecule has 0 aliphatic carbocycles. The van der Waals surface area contributed by atoms with Crippen LogP contribution in [0.25, 0.3) is 0 Å². The lowest BCUT2D eigenvalue weighted by molar-refractivity contribution is -0.474. The van der Waals surface area contributed by atoms with E-state index in [2.05, 4.69) is 0 Å². The molecule has 22 heteroatoms. The fourth-order valence-electron chi connectivity index (χ4n) is 3.77. The van der Waals surface area contributed by atoms with Crippen molar-refractivity contribution in [1.82, 2.24) is 0 Å². The van der Waals surface area contributed by atoms with E-state index in [1.54, 1.807) is 6.92 Å². The standard InChI is InChI=1S/C23H26F22/c1-3-5-6-7-8-9-10-12-14(26,27)16(30,31)18(34,35)20(38,39)22(42,43)23(44,45)21(40,41)19(36,37)17(32,33)15(28,29)13(24,25)11-4-2/h3-12H2,1-2H3. The van der Waals surface area contributed by atoms with Crippen LogP contribution in [-0.4, -0.2) is 65.1 Å². The van der Waals surface area contributed by atoms with Gasteiger partial charge in [-0.1, -0.05) is 58.8 Å². The van der Waals surface area contributed by atoms with Crippen LogP contribution in [0.4, 0.5) is 96.6 Å². The van der Waals surface area contributed by atoms with Gasteiger partial charge >= 0.3 is 65.1 Å². The molecule has 0 radical (unpaired) electrons. The summed E-state index contributed by atoms with van der Waals surface area (Å²) in [6.07, 6.45) is -6.25. The lowest BCUT2D eigenvalue weighted by atomic mass is 9.84. The van der Waals surface area contributed by atoms with Gasteiger partial charge in [-0.3, -0.25) is 0 Å². The summed E-state index contributed by atoms with van der Waals surface area (Å²) in [7, 11) is 0. The van der Waals surface area contributed by atoms with Crippen LogP contribution in [0, 0.1) is 0 Å². The molecule has 0 rings (SSSR count). The van der Waals surface area contributed by atoms with Gasteiger partial charge in [-0.2, -0.15) is 96.6 Å². The molecule has 45 heavy (non-hydrogen) atoms. The number of alkyl halides is 22. The second kappa shape index (κ2) is 13.2. The summed E-state index contributed by atoms with van der Waals surface area (Å²) >= 11 is 0. The average molecular weight is 720 g/mol. The summed E-state index contributed by atoms with van der Waals surface area (Å²) in [5.74, 6) is -91.5. The predicted octanol–water partition coefficient (Wildman–Crippen LogP) is 11.9. The number of hydrogen-bond donors (Lipinski definition) is 0. The molecule has 0 saturated carbocycles. The molecule has 0 amide bonds. The largest absolute Gasteiger partial charge is 0.385 e. The van der Waals surface area contributed by atoms with E-state index in [0.29, 0.717) is 26.2 Å². The first-order chi connectivity index (χ1) is 19.6. The molecule has 0 N–H and O–H groups in total. The van der Waals surface area contributed by atoms with Crippen LogP contribution >= 0.6 is 0 Å². The fourth-order valence-corrected chi connectivity index (χ4v) is 3.77. The highest BCUT2D eigenvalue weighted by Gasteiger charge is 2.98. The van der Waals surface area contributed by atoms with Crippen molar-refractivity contribution < 1.29 is 96.6 Å². The first-order valence-electron chi connectivity index (χ1n) is 12.8. The van der Waals surface area contributed by atoms with Crippen LogP contribution in [0.2, 0.25) is 0 Å². The molecule has 0 aliphatic rings. The van der Waals surface area contributed by atoms with E-state index < -0.39 is 97.3 Å². The molecule has 0 bridgehead atoms. The monoisotopic (exact) mass is 720 g/mol. The van der Waals surface area contributed by atoms with Gasteiger partial charge in [0.05, 0.1) is 0 Å². The van der Waals surface area contributed by atoms with Crippen LogP contribution in [0.3, 0.4) is 0 Å². The Morgan fingerprint density at radius 2 is 0.467 bits per heavy atom. The van der Waals surface area contributed by atoms with Crippen molar-refractivity contribution in [1.29, 1.82) is 0 Å². The van der Waals surface area contributed by atoms with Crippen LogP contribution in [0.5, 0.6) is 0 Å². The van der Waals surface area contributed by atoms with E-state index >= 15 is 0 Å². The molecule has 0 aromatic heterocycles. The topological polar surface area (TPSA) is 0 Å². The molecule has 0 aliphatic heterocycles. The summed E-state index contributed by atoms with van der Waals surface area (Å²) in [6.45, 7) is 2.20. The van der Waals surface area contributed by atoms with Gasteiger partial charge in [-0.05, 0) is 6.42 Å². The summed E-state index contributed by atoms with van der Waals surface area (Å²) in [5.41, 5.74) is 0. The third-order valence-corrected chi connectivity index (χ3v) is 6.73. The molecular formula is C23H26F22. The van der Waals surface area contributed by atoms with Gasteiger partial charge < -0.3 is 0 Å². The maximum Gasteiger partial charge on any atom is 0.385 e. The zero-order chi connectivity index (χ0) is 36.6. The first-order valence-corrected chi connectivity index (χ1v) is 12.8. The Hall–Kier alpha value is -1.54. The summed E-state index contributed by atoms with van der Waals surface area (Å²) < 4.78 is 304. The Morgan fingerprint density at radius 3 is 0.733 bits per heavy atom. The van der Waals surface area contributed by atoms with E-state index in [0.717, 1.165) is 0 Å². The number of hydrogen-bond acceptors (Lipinski definition) is 0. The Bertz CT molecular complexity index is 951. The molecule has 0 saturated heterocycles. The molecule has 0 fully saturated rings. The van der Waals surface area contributed by atoms with Crippen molar-refractivity contribution >= 4 is 0 Å². The van der Waals surface area contributed by atoms with Crippen molar-refractivity contribution in [3.63, 3.8) is 0 Å². The second-order valence-corrected chi connectivity index (χ2v) is 10.2. The van der Waals surface area contributed by atoms with E-state index in [4.69, 9.17) is 0 Å². The fraction of sp³-hybridized carbons (Fsp3) is 1.00. The molecule has 0 spiro atoms. The van der Waals surface area contributed by atoms with E-state index in [9.17, 15) is 96.6 Å². The van der Waals surface area contributed by atoms with E-state index in [-0.39, 0.29) is 12.8 Å². The second-order valence-electron chi connectivity index (χ2n) is 10.2. The number of rotatable bonds is 20. The number of unbranched alkanes of at least 4 members (excludes halogenated alkanes) is 6. The summed E-state index contributed by atoms with van der Waals surface area (Å²) in [4.78, 5) is 0. The molecule has 0 atom stereocenters. The van der Waals surface area contributed by atoms with Gasteiger partial charge in [0, 0.05) is 12.8 Å². The van der Waals surface area contributed by atoms with Crippen LogP contribution in [0.1, 0.15) is 78.1 Å². The van der Waals surface area contributed by atoms with E-state index in [1.807, 2.05) is 0 Å². The summed E-state index contributed by atoms with van der Waals surface area (Å²) in [5, 5.41) is 0. The lowest BCUT2D eigenvalue weighted by Crippen LogP contribution is -2.77. The molecule has 0 aromatic rings. The highest BCUT2D eigenvalue weighted by molar-refractivity contribution is 5.19. The molecule has 0 heterocycles. The smallest absolute Gasteiger partial charge is 0.200 e. The maximum absolute atomic E-state index is 14.0. The Kier molecular flexibility index (Phi) is 12.7. The summed E-state index contributed by atoms with van der Waals surface area (Å²) in [6, 6.07) is 0. The first kappa shape index (κ1) is 43.5. The van der Waals surface area contributed by atoms with Crippen molar-refractivity contribution in [3.8, 4) is 0 Å². The SMILES string of the molecule is CCCCCCCCCC(F)(F)C(F)(F)C(F)(F)C(F)(F)C(F)(F)C(F)(F)C(F)(F)C(F)(F)C(F)(F)C(F)(F)C(F)(F)CCC. The van der Waals surface area contributed by atoms with E-state index in [1.165, 1.54) is 0 Å². The predicted molar refractivity (Wildman–Crippen MR) is 112 cm³/mol. The minimum Gasteiger partial charge on any atom is -0.200 e. The minimum atomic E-state index is -9.24. The third-order valence-electron chi connectivity index (χ3n) is 6.73. The molecule has 0 nitrogen and oxygen atoms in total. The maximum atomic E-state index is 14.0. The van der Waals surface area contributed by atoms with Gasteiger partial charge in [0.1, 0.15) is 0 Å². The van der Waals surface area contributed by atoms with Crippen molar-refractivity contribution in [2.45, 2.75) is 143 Å². The average Bonchev–Trinajstić information content (AvgIpc) is 2.86. The third kappa shape index (κ3) is 6.62. The quantitative estimate of drug-likeness (QED) is 0.0868. The molecule has 0 aromatic carbocycles. The molecule has 272 valence electrons. The Labute approximate surface area is 240 Å². The van der Waals surface area contributed by atoms with Gasteiger partial charge in [0.15, 0.2) is 0 Å². The van der Waals surface area contributed by atoms with Crippen LogP contribution in [-0.2, 0) is 0 Å². The Balaban J connectivity index is 6.73. The van der Waals surface area contributed by atoms with Crippen molar-refractivity contribution in [3.05, 3.63) is 0 Å². The van der Waals surface area contributed by atoms with Gasteiger partial charge in [-0.25, -0.2) is 0 Å². The highest BCUT2D eigenvalue weighted by atomic mass is 19.4. The normalized spacial score (nSPS) is 16.0. The minimum absolute atomic E-state index is 0.0458. The van der Waals surface area contributed by atoms with Crippen LogP contribution in [0.15, 0.2) is 0 Å². The van der Waals surface area contributed by atoms with Gasteiger partial charge in [-0.15, -0.1) is 0 Å². The Morgan fingerprint density at radius 1 is 0.244 bits per heavy atom. The zero-order valence-corrected chi connectivity index (χ0v) is 22.9. The van der Waals surface area contributed by atoms with Crippen molar-refractivity contribution in [2.75, 3.05) is 0 Å². The van der Waals surface area contributed by atoms with Gasteiger partial charge in [0.2, 0.25) is 0 Å². The zero-order valence-electron chi connectivity index (χ0n) is 22.9. The number of halogens is 22. The lowest BCUT2D eigenvalue weighted by Gasteiger charge is -2.45. The molecule has 0 unspecified atom stereocenters. The van der Waals surface area contributed by atoms with Gasteiger partial charge in [0.25, 0.3) is 0 Å². The highest BCUT2D eigenvalue weighted by Crippen LogP contribution is 2.67. The molecular weight excluding hydrogens is 694 g/mol. The van der Waals surface area contributed by atoms with Crippen molar-refractivity contribution in [2.24, 2.45) is 0 Å².